The number of carbonyl (C=O) groups is 1. The molecule has 7 heteroatoms. The van der Waals surface area contributed by atoms with Gasteiger partial charge in [0.05, 0.1) is 13.2 Å². The lowest BCUT2D eigenvalue weighted by molar-refractivity contribution is -0.117. The molecule has 1 N–H and O–H groups in total. The number of fused-ring (bicyclic) bond motifs is 1. The van der Waals surface area contributed by atoms with Crippen LogP contribution in [0, 0.1) is 0 Å². The number of amides is 1. The van der Waals surface area contributed by atoms with E-state index in [0.29, 0.717) is 19.7 Å². The van der Waals surface area contributed by atoms with Crippen LogP contribution in [0.25, 0.3) is 0 Å². The molecule has 2 rings (SSSR count). The van der Waals surface area contributed by atoms with Crippen molar-refractivity contribution in [2.45, 2.75) is 6.54 Å². The molecule has 0 saturated carbocycles. The summed E-state index contributed by atoms with van der Waals surface area (Å²) in [6, 6.07) is 8.14. The number of benzene rings is 1. The van der Waals surface area contributed by atoms with E-state index in [0.717, 1.165) is 25.3 Å². The molecule has 0 atom stereocenters. The Morgan fingerprint density at radius 1 is 1.27 bits per heavy atom. The molecule has 5 nitrogen and oxygen atoms in total. The summed E-state index contributed by atoms with van der Waals surface area (Å²) in [4.78, 5) is 16.5. The first-order chi connectivity index (χ1) is 9.72. The van der Waals surface area contributed by atoms with E-state index in [1.165, 1.54) is 5.56 Å². The fraction of sp³-hybridized carbons (Fsp3) is 0.533. The highest BCUT2D eigenvalue weighted by molar-refractivity contribution is 5.95. The van der Waals surface area contributed by atoms with Gasteiger partial charge >= 0.3 is 0 Å². The molecule has 1 aromatic rings. The molecular formula is C15H25Cl2N3O2. The van der Waals surface area contributed by atoms with Gasteiger partial charge in [-0.2, -0.15) is 0 Å². The van der Waals surface area contributed by atoms with E-state index >= 15 is 0 Å². The second-order valence-electron chi connectivity index (χ2n) is 5.08. The van der Waals surface area contributed by atoms with Crippen molar-refractivity contribution in [1.29, 1.82) is 0 Å². The maximum atomic E-state index is 12.4. The van der Waals surface area contributed by atoms with E-state index in [-0.39, 0.29) is 30.7 Å². The largest absolute Gasteiger partial charge is 0.383 e. The predicted octanol–water partition coefficient (Wildman–Crippen LogP) is 1.54. The van der Waals surface area contributed by atoms with Crippen molar-refractivity contribution in [1.82, 2.24) is 10.2 Å². The summed E-state index contributed by atoms with van der Waals surface area (Å²) in [6.45, 7) is 4.17. The number of hydrogen-bond donors (Lipinski definition) is 1. The highest BCUT2D eigenvalue weighted by Gasteiger charge is 2.22. The highest BCUT2D eigenvalue weighted by Crippen LogP contribution is 2.24. The van der Waals surface area contributed by atoms with Crippen LogP contribution < -0.4 is 10.2 Å². The summed E-state index contributed by atoms with van der Waals surface area (Å²) >= 11 is 0. The zero-order chi connectivity index (χ0) is 14.4. The second-order valence-corrected chi connectivity index (χ2v) is 5.08. The minimum Gasteiger partial charge on any atom is -0.383 e. The van der Waals surface area contributed by atoms with Crippen LogP contribution >= 0.6 is 24.8 Å². The molecular weight excluding hydrogens is 325 g/mol. The molecule has 0 aliphatic carbocycles. The fourth-order valence-corrected chi connectivity index (χ4v) is 2.39. The average molecular weight is 350 g/mol. The highest BCUT2D eigenvalue weighted by atomic mass is 35.5. The Labute approximate surface area is 144 Å². The lowest BCUT2D eigenvalue weighted by Gasteiger charge is -2.22. The molecule has 0 spiro atoms. The topological polar surface area (TPSA) is 44.8 Å². The molecule has 22 heavy (non-hydrogen) atoms. The van der Waals surface area contributed by atoms with Crippen LogP contribution in [0.2, 0.25) is 0 Å². The Bertz CT molecular complexity index is 460. The van der Waals surface area contributed by atoms with E-state index < -0.39 is 0 Å². The van der Waals surface area contributed by atoms with Crippen molar-refractivity contribution in [2.24, 2.45) is 0 Å². The summed E-state index contributed by atoms with van der Waals surface area (Å²) in [7, 11) is 3.74. The second kappa shape index (κ2) is 10.8. The molecule has 1 amide bonds. The molecule has 1 aliphatic rings. The maximum Gasteiger partial charge on any atom is 0.240 e. The maximum absolute atomic E-state index is 12.4. The van der Waals surface area contributed by atoms with Gasteiger partial charge in [0, 0.05) is 39.0 Å². The van der Waals surface area contributed by atoms with Crippen LogP contribution in [-0.4, -0.2) is 57.8 Å². The van der Waals surface area contributed by atoms with Gasteiger partial charge in [0.15, 0.2) is 0 Å². The molecule has 1 aliphatic heterocycles. The lowest BCUT2D eigenvalue weighted by Crippen LogP contribution is -2.41. The number of nitrogens with zero attached hydrogens (tertiary/aromatic N) is 2. The van der Waals surface area contributed by atoms with Crippen LogP contribution in [0.5, 0.6) is 0 Å². The quantitative estimate of drug-likeness (QED) is 0.819. The van der Waals surface area contributed by atoms with Gasteiger partial charge in [-0.05, 0) is 18.7 Å². The first-order valence-electron chi connectivity index (χ1n) is 6.99. The molecule has 1 aromatic carbocycles. The number of nitrogens with one attached hydrogen (secondary N) is 1. The third-order valence-electron chi connectivity index (χ3n) is 3.49. The van der Waals surface area contributed by atoms with Gasteiger partial charge in [0.1, 0.15) is 0 Å². The molecule has 0 bridgehead atoms. The van der Waals surface area contributed by atoms with Gasteiger partial charge in [-0.25, -0.2) is 0 Å². The van der Waals surface area contributed by atoms with Gasteiger partial charge in [-0.3, -0.25) is 4.79 Å². The number of halogens is 2. The first-order valence-corrected chi connectivity index (χ1v) is 6.99. The average Bonchev–Trinajstić information content (AvgIpc) is 2.61. The normalized spacial score (nSPS) is 14.4. The van der Waals surface area contributed by atoms with E-state index in [1.54, 1.807) is 7.11 Å². The number of likely N-dealkylation sites (N-methyl/N-ethyl adjacent to an activating group) is 1. The van der Waals surface area contributed by atoms with E-state index in [9.17, 15) is 4.79 Å². The monoisotopic (exact) mass is 349 g/mol. The molecule has 0 aromatic heterocycles. The smallest absolute Gasteiger partial charge is 0.240 e. The number of hydrogen-bond acceptors (Lipinski definition) is 4. The van der Waals surface area contributed by atoms with Crippen molar-refractivity contribution < 1.29 is 9.53 Å². The van der Waals surface area contributed by atoms with Gasteiger partial charge < -0.3 is 19.9 Å². The Morgan fingerprint density at radius 2 is 2.00 bits per heavy atom. The Kier molecular flexibility index (Phi) is 10.4. The molecule has 0 fully saturated rings. The number of anilines is 1. The third-order valence-corrected chi connectivity index (χ3v) is 3.49. The molecule has 0 saturated heterocycles. The lowest BCUT2D eigenvalue weighted by atomic mass is 10.1. The van der Waals surface area contributed by atoms with Crippen molar-refractivity contribution >= 4 is 36.4 Å². The Balaban J connectivity index is 0.00000220. The minimum atomic E-state index is 0. The summed E-state index contributed by atoms with van der Waals surface area (Å²) in [5.41, 5.74) is 2.24. The van der Waals surface area contributed by atoms with Crippen LogP contribution in [0.1, 0.15) is 5.56 Å². The number of carbonyl (C=O) groups excluding carboxylic acids is 1. The van der Waals surface area contributed by atoms with Gasteiger partial charge in [0.25, 0.3) is 0 Å². The van der Waals surface area contributed by atoms with Crippen LogP contribution in [0.4, 0.5) is 5.69 Å². The van der Waals surface area contributed by atoms with Crippen LogP contribution in [0.15, 0.2) is 24.3 Å². The SMILES string of the molecule is COCCNCC(=O)N1CCN(C)Cc2ccccc21.Cl.Cl. The van der Waals surface area contributed by atoms with E-state index in [1.807, 2.05) is 23.1 Å². The fourth-order valence-electron chi connectivity index (χ4n) is 2.39. The summed E-state index contributed by atoms with van der Waals surface area (Å²) in [6.07, 6.45) is 0. The van der Waals surface area contributed by atoms with Gasteiger partial charge in [-0.1, -0.05) is 18.2 Å². The zero-order valence-corrected chi connectivity index (χ0v) is 14.7. The van der Waals surface area contributed by atoms with E-state index in [4.69, 9.17) is 4.74 Å². The zero-order valence-electron chi connectivity index (χ0n) is 13.1. The van der Waals surface area contributed by atoms with Gasteiger partial charge in [-0.15, -0.1) is 24.8 Å². The Morgan fingerprint density at radius 3 is 2.73 bits per heavy atom. The summed E-state index contributed by atoms with van der Waals surface area (Å²) in [5.74, 6) is 0.115. The molecule has 0 radical (unpaired) electrons. The minimum absolute atomic E-state index is 0. The van der Waals surface area contributed by atoms with Crippen molar-refractivity contribution in [2.75, 3.05) is 51.8 Å². The van der Waals surface area contributed by atoms with Gasteiger partial charge in [0.2, 0.25) is 5.91 Å². The number of para-hydroxylation sites is 1. The van der Waals surface area contributed by atoms with Crippen molar-refractivity contribution in [3.8, 4) is 0 Å². The molecule has 0 unspecified atom stereocenters. The standard InChI is InChI=1S/C15H23N3O2.2ClH/c1-17-8-9-18(15(19)11-16-7-10-20-2)14-6-4-3-5-13(14)12-17;;/h3-6,16H,7-12H2,1-2H3;2*1H. The predicted molar refractivity (Wildman–Crippen MR) is 94.4 cm³/mol. The number of ether oxygens (including phenoxy) is 1. The third kappa shape index (κ3) is 5.74. The van der Waals surface area contributed by atoms with Crippen molar-refractivity contribution in [3.05, 3.63) is 29.8 Å². The summed E-state index contributed by atoms with van der Waals surface area (Å²) in [5, 5.41) is 3.12. The van der Waals surface area contributed by atoms with E-state index in [2.05, 4.69) is 23.3 Å². The number of methoxy groups -OCH3 is 1. The van der Waals surface area contributed by atoms with Crippen molar-refractivity contribution in [3.63, 3.8) is 0 Å². The molecule has 126 valence electrons. The first kappa shape index (κ1) is 21.1. The number of rotatable bonds is 5. The van der Waals surface area contributed by atoms with Crippen LogP contribution in [-0.2, 0) is 16.1 Å². The molecule has 1 heterocycles. The van der Waals surface area contributed by atoms with Crippen LogP contribution in [0.3, 0.4) is 0 Å². The summed E-state index contributed by atoms with van der Waals surface area (Å²) < 4.78 is 4.97. The Hall–Kier alpha value is -0.850.